The molecule has 0 amide bonds. The lowest BCUT2D eigenvalue weighted by molar-refractivity contribution is 0.247. The fraction of sp³-hybridized carbons (Fsp3) is 0.125. The number of aromatic nitrogens is 5. The molecule has 0 fully saturated rings. The highest BCUT2D eigenvalue weighted by Gasteiger charge is 2.16. The first-order chi connectivity index (χ1) is 15.5. The van der Waals surface area contributed by atoms with Gasteiger partial charge in [0.2, 0.25) is 0 Å². The van der Waals surface area contributed by atoms with E-state index in [-0.39, 0.29) is 12.2 Å². The van der Waals surface area contributed by atoms with Gasteiger partial charge in [-0.1, -0.05) is 18.2 Å². The normalized spacial score (nSPS) is 12.3. The van der Waals surface area contributed by atoms with E-state index in [4.69, 9.17) is 0 Å². The van der Waals surface area contributed by atoms with Gasteiger partial charge in [0, 0.05) is 40.0 Å². The Balaban J connectivity index is 1.54. The molecule has 160 valence electrons. The summed E-state index contributed by atoms with van der Waals surface area (Å²) in [6.45, 7) is -0.158. The van der Waals surface area contributed by atoms with Crippen LogP contribution < -0.4 is 5.56 Å². The molecule has 0 aliphatic heterocycles. The molecule has 0 spiro atoms. The van der Waals surface area contributed by atoms with Gasteiger partial charge < -0.3 is 9.67 Å². The van der Waals surface area contributed by atoms with Gasteiger partial charge in [-0.05, 0) is 69.6 Å². The second-order valence-corrected chi connectivity index (χ2v) is 8.90. The van der Waals surface area contributed by atoms with Crippen LogP contribution in [0.5, 0.6) is 0 Å². The Bertz CT molecular complexity index is 1480. The van der Waals surface area contributed by atoms with Crippen molar-refractivity contribution in [2.45, 2.75) is 6.04 Å². The minimum Gasteiger partial charge on any atom is -0.394 e. The van der Waals surface area contributed by atoms with Gasteiger partial charge in [-0.3, -0.25) is 14.6 Å². The molecule has 2 aromatic carbocycles. The molecule has 0 aliphatic carbocycles. The van der Waals surface area contributed by atoms with E-state index in [9.17, 15) is 9.90 Å². The topological polar surface area (TPSA) is 88.7 Å². The summed E-state index contributed by atoms with van der Waals surface area (Å²) in [7, 11) is 1.87. The lowest BCUT2D eigenvalue weighted by Crippen LogP contribution is -2.26. The average Bonchev–Trinajstić information content (AvgIpc) is 3.40. The van der Waals surface area contributed by atoms with Crippen LogP contribution in [0.2, 0.25) is 0 Å². The predicted octanol–water partition coefficient (Wildman–Crippen LogP) is 3.98. The first-order valence-corrected chi connectivity index (χ1v) is 11.2. The first-order valence-electron chi connectivity index (χ1n) is 10.1. The van der Waals surface area contributed by atoms with Gasteiger partial charge in [-0.2, -0.15) is 10.2 Å². The summed E-state index contributed by atoms with van der Waals surface area (Å²) in [6.07, 6.45) is 5.45. The van der Waals surface area contributed by atoms with Crippen molar-refractivity contribution >= 4 is 33.5 Å². The maximum atomic E-state index is 13.0. The molecule has 0 saturated carbocycles. The number of benzene rings is 2. The maximum Gasteiger partial charge on any atom is 0.251 e. The summed E-state index contributed by atoms with van der Waals surface area (Å²) in [6, 6.07) is 16.9. The van der Waals surface area contributed by atoms with E-state index < -0.39 is 6.04 Å². The summed E-state index contributed by atoms with van der Waals surface area (Å²) in [5.41, 5.74) is 5.13. The van der Waals surface area contributed by atoms with Gasteiger partial charge in [-0.15, -0.1) is 0 Å². The highest BCUT2D eigenvalue weighted by atomic mass is 127. The van der Waals surface area contributed by atoms with E-state index >= 15 is 0 Å². The van der Waals surface area contributed by atoms with Crippen LogP contribution in [0.15, 0.2) is 78.0 Å². The summed E-state index contributed by atoms with van der Waals surface area (Å²) in [5.74, 6) is 0. The summed E-state index contributed by atoms with van der Waals surface area (Å²) >= 11 is 2.23. The molecule has 7 nitrogen and oxygen atoms in total. The highest BCUT2D eigenvalue weighted by Crippen LogP contribution is 2.30. The number of aliphatic hydroxyl groups is 1. The number of aliphatic hydroxyl groups excluding tert-OH is 1. The van der Waals surface area contributed by atoms with E-state index in [2.05, 4.69) is 37.9 Å². The standard InChI is InChI=1S/C24H20IN5O2/c1-29-13-18(12-26-29)24-20-10-15(5-6-21(20)27-28-24)16-7-8-30(23(32)11-16)22(14-31)17-3-2-4-19(25)9-17/h2-13,22,31H,14H2,1H3,(H,27,28). The van der Waals surface area contributed by atoms with Crippen molar-refractivity contribution in [2.24, 2.45) is 7.05 Å². The smallest absolute Gasteiger partial charge is 0.251 e. The molecule has 8 heteroatoms. The van der Waals surface area contributed by atoms with Crippen LogP contribution in [0, 0.1) is 3.57 Å². The second kappa shape index (κ2) is 8.36. The number of nitrogens with zero attached hydrogens (tertiary/aromatic N) is 4. The zero-order valence-corrected chi connectivity index (χ0v) is 19.4. The predicted molar refractivity (Wildman–Crippen MR) is 132 cm³/mol. The maximum absolute atomic E-state index is 13.0. The number of halogens is 1. The molecule has 2 N–H and O–H groups in total. The molecular weight excluding hydrogens is 517 g/mol. The number of nitrogens with one attached hydrogen (secondary N) is 1. The number of hydrogen-bond acceptors (Lipinski definition) is 4. The molecule has 3 heterocycles. The fourth-order valence-electron chi connectivity index (χ4n) is 3.95. The van der Waals surface area contributed by atoms with E-state index in [0.29, 0.717) is 0 Å². The van der Waals surface area contributed by atoms with Gasteiger partial charge >= 0.3 is 0 Å². The van der Waals surface area contributed by atoms with Crippen LogP contribution in [0.4, 0.5) is 0 Å². The molecule has 5 rings (SSSR count). The number of fused-ring (bicyclic) bond motifs is 1. The average molecular weight is 537 g/mol. The monoisotopic (exact) mass is 537 g/mol. The Labute approximate surface area is 197 Å². The Morgan fingerprint density at radius 2 is 1.94 bits per heavy atom. The molecule has 0 aliphatic rings. The van der Waals surface area contributed by atoms with Crippen LogP contribution in [-0.4, -0.2) is 36.3 Å². The first kappa shape index (κ1) is 20.7. The van der Waals surface area contributed by atoms with Gasteiger partial charge in [0.1, 0.15) is 5.69 Å². The fourth-order valence-corrected chi connectivity index (χ4v) is 4.52. The summed E-state index contributed by atoms with van der Waals surface area (Å²) in [5, 5.41) is 22.7. The zero-order valence-electron chi connectivity index (χ0n) is 17.2. The van der Waals surface area contributed by atoms with Crippen molar-refractivity contribution in [3.05, 3.63) is 92.7 Å². The lowest BCUT2D eigenvalue weighted by atomic mass is 10.0. The van der Waals surface area contributed by atoms with Crippen LogP contribution in [-0.2, 0) is 7.05 Å². The Morgan fingerprint density at radius 1 is 1.09 bits per heavy atom. The van der Waals surface area contributed by atoms with E-state index in [1.165, 1.54) is 0 Å². The van der Waals surface area contributed by atoms with Crippen molar-refractivity contribution in [2.75, 3.05) is 6.61 Å². The number of aromatic amines is 1. The molecule has 1 atom stereocenters. The van der Waals surface area contributed by atoms with Crippen LogP contribution in [0.1, 0.15) is 11.6 Å². The van der Waals surface area contributed by atoms with E-state index in [0.717, 1.165) is 42.4 Å². The summed E-state index contributed by atoms with van der Waals surface area (Å²) in [4.78, 5) is 13.0. The third-order valence-electron chi connectivity index (χ3n) is 5.56. The van der Waals surface area contributed by atoms with Crippen LogP contribution >= 0.6 is 22.6 Å². The number of H-pyrrole nitrogens is 1. The van der Waals surface area contributed by atoms with Gasteiger partial charge in [0.25, 0.3) is 5.56 Å². The highest BCUT2D eigenvalue weighted by molar-refractivity contribution is 14.1. The second-order valence-electron chi connectivity index (χ2n) is 7.65. The molecule has 0 bridgehead atoms. The van der Waals surface area contributed by atoms with Crippen molar-refractivity contribution in [3.63, 3.8) is 0 Å². The van der Waals surface area contributed by atoms with Crippen molar-refractivity contribution in [1.29, 1.82) is 0 Å². The van der Waals surface area contributed by atoms with Gasteiger partial charge in [0.05, 0.1) is 24.4 Å². The van der Waals surface area contributed by atoms with Gasteiger partial charge in [0.15, 0.2) is 0 Å². The van der Waals surface area contributed by atoms with Crippen molar-refractivity contribution in [3.8, 4) is 22.4 Å². The zero-order chi connectivity index (χ0) is 22.2. The van der Waals surface area contributed by atoms with E-state index in [1.807, 2.05) is 61.8 Å². The number of aryl methyl sites for hydroxylation is 1. The minimum absolute atomic E-state index is 0.158. The molecule has 0 saturated heterocycles. The third kappa shape index (κ3) is 3.76. The van der Waals surface area contributed by atoms with E-state index in [1.54, 1.807) is 27.7 Å². The molecule has 5 aromatic rings. The number of pyridine rings is 1. The molecular formula is C24H20IN5O2. The molecule has 3 aromatic heterocycles. The Morgan fingerprint density at radius 3 is 2.66 bits per heavy atom. The Kier molecular flexibility index (Phi) is 5.40. The largest absolute Gasteiger partial charge is 0.394 e. The summed E-state index contributed by atoms with van der Waals surface area (Å²) < 4.78 is 4.37. The SMILES string of the molecule is Cn1cc(-c2n[nH]c3ccc(-c4ccn(C(CO)c5cccc(I)c5)c(=O)c4)cc23)cn1. The minimum atomic E-state index is -0.431. The Hall–Kier alpha value is -3.24. The third-order valence-corrected chi connectivity index (χ3v) is 6.24. The van der Waals surface area contributed by atoms with Crippen LogP contribution in [0.3, 0.4) is 0 Å². The number of rotatable bonds is 5. The van der Waals surface area contributed by atoms with Gasteiger partial charge in [-0.25, -0.2) is 0 Å². The molecule has 0 radical (unpaired) electrons. The molecule has 1 unspecified atom stereocenters. The van der Waals surface area contributed by atoms with Crippen LogP contribution in [0.25, 0.3) is 33.3 Å². The molecule has 32 heavy (non-hydrogen) atoms. The number of hydrogen-bond donors (Lipinski definition) is 2. The van der Waals surface area contributed by atoms with Crippen molar-refractivity contribution < 1.29 is 5.11 Å². The quantitative estimate of drug-likeness (QED) is 0.332. The van der Waals surface area contributed by atoms with Crippen molar-refractivity contribution in [1.82, 2.24) is 24.5 Å². The lowest BCUT2D eigenvalue weighted by Gasteiger charge is -2.18.